The summed E-state index contributed by atoms with van der Waals surface area (Å²) in [5.41, 5.74) is 2.08. The van der Waals surface area contributed by atoms with E-state index in [0.717, 1.165) is 5.56 Å². The van der Waals surface area contributed by atoms with Gasteiger partial charge in [0.2, 0.25) is 11.8 Å². The summed E-state index contributed by atoms with van der Waals surface area (Å²) in [6.45, 7) is 0. The summed E-state index contributed by atoms with van der Waals surface area (Å²) in [6.07, 6.45) is 0. The number of methoxy groups -OCH3 is 1. The molecule has 0 bridgehead atoms. The largest absolute Gasteiger partial charge is 0.497 e. The zero-order valence-electron chi connectivity index (χ0n) is 15.4. The molecular formula is C22H16FN3O3. The zero-order chi connectivity index (χ0) is 20.2. The normalized spacial score (nSPS) is 10.6. The fourth-order valence-corrected chi connectivity index (χ4v) is 2.76. The lowest BCUT2D eigenvalue weighted by Crippen LogP contribution is -2.12. The first-order valence-electron chi connectivity index (χ1n) is 8.78. The summed E-state index contributed by atoms with van der Waals surface area (Å²) in [6, 6.07) is 19.7. The van der Waals surface area contributed by atoms with Gasteiger partial charge in [-0.1, -0.05) is 18.2 Å². The molecule has 6 nitrogen and oxygen atoms in total. The second-order valence-electron chi connectivity index (χ2n) is 6.15. The average molecular weight is 389 g/mol. The van der Waals surface area contributed by atoms with E-state index >= 15 is 0 Å². The third-order valence-corrected chi connectivity index (χ3v) is 4.26. The van der Waals surface area contributed by atoms with Crippen LogP contribution in [-0.4, -0.2) is 23.2 Å². The van der Waals surface area contributed by atoms with Crippen LogP contribution in [0.3, 0.4) is 0 Å². The minimum absolute atomic E-state index is 0.233. The average Bonchev–Trinajstić information content (AvgIpc) is 3.25. The fourth-order valence-electron chi connectivity index (χ4n) is 2.76. The summed E-state index contributed by atoms with van der Waals surface area (Å²) >= 11 is 0. The molecule has 7 heteroatoms. The standard InChI is InChI=1S/C22H16FN3O3/c1-28-17-11-12-19(24-20(27)14-7-9-16(23)10-8-14)18(13-17)22-26-25-21(29-22)15-5-3-2-4-6-15/h2-13H,1H3,(H,24,27). The van der Waals surface area contributed by atoms with Gasteiger partial charge < -0.3 is 14.5 Å². The van der Waals surface area contributed by atoms with Crippen molar-refractivity contribution in [2.75, 3.05) is 12.4 Å². The molecule has 144 valence electrons. The number of carbonyl (C=O) groups excluding carboxylic acids is 1. The van der Waals surface area contributed by atoms with Gasteiger partial charge in [0, 0.05) is 11.1 Å². The van der Waals surface area contributed by atoms with Crippen LogP contribution in [0.25, 0.3) is 22.9 Å². The molecule has 0 saturated heterocycles. The summed E-state index contributed by atoms with van der Waals surface area (Å²) in [5.74, 6) is 0.362. The highest BCUT2D eigenvalue weighted by molar-refractivity contribution is 6.06. The zero-order valence-corrected chi connectivity index (χ0v) is 15.4. The predicted octanol–water partition coefficient (Wildman–Crippen LogP) is 4.80. The number of hydrogen-bond acceptors (Lipinski definition) is 5. The number of nitrogens with zero attached hydrogens (tertiary/aromatic N) is 2. The number of aromatic nitrogens is 2. The topological polar surface area (TPSA) is 77.2 Å². The minimum Gasteiger partial charge on any atom is -0.497 e. The van der Waals surface area contributed by atoms with Crippen LogP contribution in [0, 0.1) is 5.82 Å². The molecule has 0 spiro atoms. The molecule has 0 unspecified atom stereocenters. The summed E-state index contributed by atoms with van der Waals surface area (Å²) in [5, 5.41) is 11.0. The van der Waals surface area contributed by atoms with Gasteiger partial charge >= 0.3 is 0 Å². The molecule has 0 saturated carbocycles. The van der Waals surface area contributed by atoms with Crippen molar-refractivity contribution in [1.29, 1.82) is 0 Å². The highest BCUT2D eigenvalue weighted by Crippen LogP contribution is 2.33. The SMILES string of the molecule is COc1ccc(NC(=O)c2ccc(F)cc2)c(-c2nnc(-c3ccccc3)o2)c1. The van der Waals surface area contributed by atoms with Crippen LogP contribution in [0.5, 0.6) is 5.75 Å². The number of carbonyl (C=O) groups is 1. The fraction of sp³-hybridized carbons (Fsp3) is 0.0455. The highest BCUT2D eigenvalue weighted by Gasteiger charge is 2.17. The molecule has 0 radical (unpaired) electrons. The third-order valence-electron chi connectivity index (χ3n) is 4.26. The Morgan fingerprint density at radius 1 is 0.966 bits per heavy atom. The molecule has 1 heterocycles. The lowest BCUT2D eigenvalue weighted by molar-refractivity contribution is 0.102. The Morgan fingerprint density at radius 2 is 1.69 bits per heavy atom. The van der Waals surface area contributed by atoms with Crippen molar-refractivity contribution in [2.24, 2.45) is 0 Å². The van der Waals surface area contributed by atoms with Gasteiger partial charge in [0.15, 0.2) is 0 Å². The smallest absolute Gasteiger partial charge is 0.255 e. The maximum absolute atomic E-state index is 13.1. The van der Waals surface area contributed by atoms with E-state index in [4.69, 9.17) is 9.15 Å². The number of anilines is 1. The quantitative estimate of drug-likeness (QED) is 0.530. The first-order valence-corrected chi connectivity index (χ1v) is 8.78. The Morgan fingerprint density at radius 3 is 2.41 bits per heavy atom. The first kappa shape index (κ1) is 18.4. The maximum Gasteiger partial charge on any atom is 0.255 e. The lowest BCUT2D eigenvalue weighted by atomic mass is 10.1. The Kier molecular flexibility index (Phi) is 5.03. The second kappa shape index (κ2) is 7.93. The Bertz CT molecular complexity index is 1140. The number of rotatable bonds is 5. The van der Waals surface area contributed by atoms with Crippen molar-refractivity contribution in [2.45, 2.75) is 0 Å². The van der Waals surface area contributed by atoms with Crippen molar-refractivity contribution in [3.8, 4) is 28.7 Å². The van der Waals surface area contributed by atoms with Crippen molar-refractivity contribution < 1.29 is 18.3 Å². The first-order chi connectivity index (χ1) is 14.1. The molecule has 3 aromatic carbocycles. The van der Waals surface area contributed by atoms with Crippen LogP contribution in [0.15, 0.2) is 77.2 Å². The number of ether oxygens (including phenoxy) is 1. The predicted molar refractivity (Wildman–Crippen MR) is 106 cm³/mol. The van der Waals surface area contributed by atoms with Gasteiger partial charge in [-0.3, -0.25) is 4.79 Å². The van der Waals surface area contributed by atoms with Gasteiger partial charge in [-0.25, -0.2) is 4.39 Å². The molecule has 1 amide bonds. The van der Waals surface area contributed by atoms with Crippen LogP contribution in [0.4, 0.5) is 10.1 Å². The Labute approximate surface area is 166 Å². The van der Waals surface area contributed by atoms with Crippen LogP contribution < -0.4 is 10.1 Å². The number of hydrogen-bond donors (Lipinski definition) is 1. The van der Waals surface area contributed by atoms with Crippen LogP contribution in [-0.2, 0) is 0 Å². The molecule has 0 aliphatic carbocycles. The molecule has 1 N–H and O–H groups in total. The van der Waals surface area contributed by atoms with Gasteiger partial charge in [0.1, 0.15) is 11.6 Å². The van der Waals surface area contributed by atoms with E-state index in [1.54, 1.807) is 25.3 Å². The number of amides is 1. The summed E-state index contributed by atoms with van der Waals surface area (Å²) in [7, 11) is 1.54. The third kappa shape index (κ3) is 3.98. The van der Waals surface area contributed by atoms with E-state index in [-0.39, 0.29) is 11.8 Å². The second-order valence-corrected chi connectivity index (χ2v) is 6.15. The van der Waals surface area contributed by atoms with Gasteiger partial charge in [-0.15, -0.1) is 10.2 Å². The van der Waals surface area contributed by atoms with Crippen LogP contribution >= 0.6 is 0 Å². The Balaban J connectivity index is 1.68. The molecule has 4 aromatic rings. The van der Waals surface area contributed by atoms with Crippen LogP contribution in [0.2, 0.25) is 0 Å². The van der Waals surface area contributed by atoms with Gasteiger partial charge in [-0.05, 0) is 54.6 Å². The molecule has 0 aliphatic rings. The van der Waals surface area contributed by atoms with E-state index in [2.05, 4.69) is 15.5 Å². The number of nitrogens with one attached hydrogen (secondary N) is 1. The van der Waals surface area contributed by atoms with Crippen molar-refractivity contribution >= 4 is 11.6 Å². The highest BCUT2D eigenvalue weighted by atomic mass is 19.1. The van der Waals surface area contributed by atoms with E-state index < -0.39 is 5.82 Å². The van der Waals surface area contributed by atoms with Gasteiger partial charge in [0.25, 0.3) is 5.91 Å². The summed E-state index contributed by atoms with van der Waals surface area (Å²) < 4.78 is 24.2. The van der Waals surface area contributed by atoms with E-state index in [0.29, 0.717) is 28.5 Å². The minimum atomic E-state index is -0.411. The van der Waals surface area contributed by atoms with Crippen molar-refractivity contribution in [3.63, 3.8) is 0 Å². The molecule has 29 heavy (non-hydrogen) atoms. The van der Waals surface area contributed by atoms with Gasteiger partial charge in [0.05, 0.1) is 18.4 Å². The number of halogens is 1. The molecule has 1 aromatic heterocycles. The molecule has 0 atom stereocenters. The summed E-state index contributed by atoms with van der Waals surface area (Å²) in [4.78, 5) is 12.6. The van der Waals surface area contributed by atoms with Gasteiger partial charge in [-0.2, -0.15) is 0 Å². The molecular weight excluding hydrogens is 373 g/mol. The Hall–Kier alpha value is -4.00. The van der Waals surface area contributed by atoms with Crippen molar-refractivity contribution in [1.82, 2.24) is 10.2 Å². The van der Waals surface area contributed by atoms with E-state index in [1.165, 1.54) is 24.3 Å². The van der Waals surface area contributed by atoms with Crippen LogP contribution in [0.1, 0.15) is 10.4 Å². The lowest BCUT2D eigenvalue weighted by Gasteiger charge is -2.10. The molecule has 0 fully saturated rings. The van der Waals surface area contributed by atoms with E-state index in [1.807, 2.05) is 30.3 Å². The van der Waals surface area contributed by atoms with E-state index in [9.17, 15) is 9.18 Å². The molecule has 0 aliphatic heterocycles. The monoisotopic (exact) mass is 389 g/mol. The maximum atomic E-state index is 13.1. The molecule has 4 rings (SSSR count). The van der Waals surface area contributed by atoms with Crippen molar-refractivity contribution in [3.05, 3.63) is 84.2 Å². The number of benzene rings is 3.